The third kappa shape index (κ3) is 1.88. The molecule has 2 heterocycles. The molecule has 0 aliphatic rings. The number of hydrogen-bond donors (Lipinski definition) is 2. The highest BCUT2D eigenvalue weighted by Crippen LogP contribution is 2.29. The highest BCUT2D eigenvalue weighted by Gasteiger charge is 2.17. The zero-order valence-corrected chi connectivity index (χ0v) is 11.2. The van der Waals surface area contributed by atoms with Gasteiger partial charge in [-0.15, -0.1) is 0 Å². The SMILES string of the molecule is Fc1c(OOc2[nH]c3ccccc3c2F)[nH]c2ccccc12. The topological polar surface area (TPSA) is 50.0 Å². The van der Waals surface area contributed by atoms with Crippen molar-refractivity contribution in [2.45, 2.75) is 0 Å². The van der Waals surface area contributed by atoms with Crippen molar-refractivity contribution >= 4 is 21.8 Å². The number of rotatable bonds is 3. The van der Waals surface area contributed by atoms with Crippen LogP contribution in [0.15, 0.2) is 48.5 Å². The molecule has 22 heavy (non-hydrogen) atoms. The normalized spacial score (nSPS) is 11.2. The molecule has 0 bridgehead atoms. The molecule has 2 aromatic heterocycles. The lowest BCUT2D eigenvalue weighted by Gasteiger charge is -2.01. The van der Waals surface area contributed by atoms with Gasteiger partial charge in [0.05, 0.1) is 11.0 Å². The van der Waals surface area contributed by atoms with E-state index in [1.54, 1.807) is 48.5 Å². The molecule has 0 saturated heterocycles. The van der Waals surface area contributed by atoms with Gasteiger partial charge in [-0.2, -0.15) is 0 Å². The van der Waals surface area contributed by atoms with Crippen LogP contribution in [0.3, 0.4) is 0 Å². The zero-order valence-electron chi connectivity index (χ0n) is 11.2. The fraction of sp³-hybridized carbons (Fsp3) is 0. The summed E-state index contributed by atoms with van der Waals surface area (Å²) in [6.45, 7) is 0. The maximum absolute atomic E-state index is 14.1. The van der Waals surface area contributed by atoms with Crippen LogP contribution in [0.25, 0.3) is 21.8 Å². The molecule has 4 nitrogen and oxygen atoms in total. The van der Waals surface area contributed by atoms with Crippen LogP contribution < -0.4 is 9.78 Å². The van der Waals surface area contributed by atoms with Gasteiger partial charge in [-0.05, 0) is 24.3 Å². The van der Waals surface area contributed by atoms with Crippen molar-refractivity contribution < 1.29 is 18.6 Å². The van der Waals surface area contributed by atoms with E-state index in [0.29, 0.717) is 21.8 Å². The third-order valence-corrected chi connectivity index (χ3v) is 3.43. The molecule has 0 fully saturated rings. The Morgan fingerprint density at radius 1 is 0.636 bits per heavy atom. The van der Waals surface area contributed by atoms with E-state index in [4.69, 9.17) is 9.78 Å². The van der Waals surface area contributed by atoms with Crippen molar-refractivity contribution in [1.82, 2.24) is 9.97 Å². The average Bonchev–Trinajstić information content (AvgIpc) is 3.04. The van der Waals surface area contributed by atoms with E-state index in [1.807, 2.05) is 0 Å². The molecular formula is C16H10F2N2O2. The van der Waals surface area contributed by atoms with Crippen molar-refractivity contribution in [2.24, 2.45) is 0 Å². The molecular weight excluding hydrogens is 290 g/mol. The number of H-pyrrole nitrogens is 2. The molecule has 2 aromatic carbocycles. The Hall–Kier alpha value is -3.02. The van der Waals surface area contributed by atoms with Gasteiger partial charge in [0.1, 0.15) is 0 Å². The number of para-hydroxylation sites is 2. The molecule has 0 aliphatic carbocycles. The smallest absolute Gasteiger partial charge is 0.285 e. The Morgan fingerprint density at radius 3 is 1.45 bits per heavy atom. The van der Waals surface area contributed by atoms with E-state index in [-0.39, 0.29) is 11.8 Å². The maximum Gasteiger partial charge on any atom is 0.285 e. The molecule has 0 atom stereocenters. The molecule has 110 valence electrons. The van der Waals surface area contributed by atoms with Gasteiger partial charge in [-0.25, -0.2) is 8.78 Å². The minimum atomic E-state index is -0.591. The predicted octanol–water partition coefficient (Wildman–Crippen LogP) is 4.30. The standard InChI is InChI=1S/C16H10F2N2O2/c17-13-9-5-1-3-7-11(9)19-15(13)21-22-16-14(18)10-6-2-4-8-12(10)20-16/h1-8,19-20H. The van der Waals surface area contributed by atoms with Crippen LogP contribution in [0.4, 0.5) is 8.78 Å². The Labute approximate surface area is 123 Å². The fourth-order valence-corrected chi connectivity index (χ4v) is 2.36. The van der Waals surface area contributed by atoms with Crippen molar-refractivity contribution in [3.8, 4) is 11.8 Å². The minimum Gasteiger partial charge on any atom is -0.319 e. The summed E-state index contributed by atoms with van der Waals surface area (Å²) in [5.41, 5.74) is 1.13. The lowest BCUT2D eigenvalue weighted by Crippen LogP contribution is -2.03. The Bertz CT molecular complexity index is 895. The van der Waals surface area contributed by atoms with E-state index in [0.717, 1.165) is 0 Å². The van der Waals surface area contributed by atoms with Crippen molar-refractivity contribution in [3.05, 3.63) is 60.2 Å². The first kappa shape index (κ1) is 12.7. The van der Waals surface area contributed by atoms with Gasteiger partial charge in [0.2, 0.25) is 0 Å². The summed E-state index contributed by atoms with van der Waals surface area (Å²) in [5, 5.41) is 0.747. The fourth-order valence-electron chi connectivity index (χ4n) is 2.36. The summed E-state index contributed by atoms with van der Waals surface area (Å²) < 4.78 is 28.2. The second-order valence-corrected chi connectivity index (χ2v) is 4.79. The van der Waals surface area contributed by atoms with Crippen LogP contribution in [-0.2, 0) is 0 Å². The molecule has 0 saturated carbocycles. The van der Waals surface area contributed by atoms with Crippen LogP contribution in [0, 0.1) is 11.6 Å². The third-order valence-electron chi connectivity index (χ3n) is 3.43. The Balaban J connectivity index is 1.65. The number of halogens is 2. The van der Waals surface area contributed by atoms with Gasteiger partial charge in [-0.1, -0.05) is 24.3 Å². The van der Waals surface area contributed by atoms with Crippen molar-refractivity contribution in [1.29, 1.82) is 0 Å². The quantitative estimate of drug-likeness (QED) is 0.438. The first-order chi connectivity index (χ1) is 10.7. The average molecular weight is 300 g/mol. The maximum atomic E-state index is 14.1. The molecule has 0 spiro atoms. The summed E-state index contributed by atoms with van der Waals surface area (Å²) in [4.78, 5) is 15.3. The predicted molar refractivity (Wildman–Crippen MR) is 77.8 cm³/mol. The minimum absolute atomic E-state index is 0.209. The lowest BCUT2D eigenvalue weighted by molar-refractivity contribution is -0.113. The summed E-state index contributed by atoms with van der Waals surface area (Å²) in [5.74, 6) is -1.60. The van der Waals surface area contributed by atoms with E-state index in [2.05, 4.69) is 9.97 Å². The summed E-state index contributed by atoms with van der Waals surface area (Å²) in [7, 11) is 0. The lowest BCUT2D eigenvalue weighted by atomic mass is 10.2. The Morgan fingerprint density at radius 2 is 1.05 bits per heavy atom. The number of aromatic amines is 2. The number of hydrogen-bond acceptors (Lipinski definition) is 2. The van der Waals surface area contributed by atoms with Crippen LogP contribution >= 0.6 is 0 Å². The van der Waals surface area contributed by atoms with Crippen molar-refractivity contribution in [2.75, 3.05) is 0 Å². The first-order valence-electron chi connectivity index (χ1n) is 6.61. The Kier molecular flexibility index (Phi) is 2.75. The largest absolute Gasteiger partial charge is 0.319 e. The zero-order chi connectivity index (χ0) is 15.1. The number of benzene rings is 2. The molecule has 4 rings (SSSR count). The molecule has 0 amide bonds. The van der Waals surface area contributed by atoms with Crippen LogP contribution in [0.2, 0.25) is 0 Å². The highest BCUT2D eigenvalue weighted by atomic mass is 19.1. The highest BCUT2D eigenvalue weighted by molar-refractivity contribution is 5.83. The van der Waals surface area contributed by atoms with Gasteiger partial charge in [0.25, 0.3) is 11.8 Å². The molecule has 0 unspecified atom stereocenters. The second-order valence-electron chi connectivity index (χ2n) is 4.79. The number of aromatic nitrogens is 2. The summed E-state index contributed by atoms with van der Waals surface area (Å²) in [6, 6.07) is 13.6. The van der Waals surface area contributed by atoms with E-state index in [1.165, 1.54) is 0 Å². The monoisotopic (exact) mass is 300 g/mol. The van der Waals surface area contributed by atoms with Gasteiger partial charge < -0.3 is 9.97 Å². The van der Waals surface area contributed by atoms with Crippen LogP contribution in [0.5, 0.6) is 11.8 Å². The van der Waals surface area contributed by atoms with Gasteiger partial charge >= 0.3 is 0 Å². The van der Waals surface area contributed by atoms with Crippen molar-refractivity contribution in [3.63, 3.8) is 0 Å². The van der Waals surface area contributed by atoms with Crippen LogP contribution in [0.1, 0.15) is 0 Å². The summed E-state index contributed by atoms with van der Waals surface area (Å²) in [6.07, 6.45) is 0. The molecule has 6 heteroatoms. The van der Waals surface area contributed by atoms with E-state index < -0.39 is 11.6 Å². The first-order valence-corrected chi connectivity index (χ1v) is 6.61. The van der Waals surface area contributed by atoms with E-state index in [9.17, 15) is 8.78 Å². The van der Waals surface area contributed by atoms with E-state index >= 15 is 0 Å². The van der Waals surface area contributed by atoms with Crippen LogP contribution in [-0.4, -0.2) is 9.97 Å². The molecule has 2 N–H and O–H groups in total. The van der Waals surface area contributed by atoms with Gasteiger partial charge in [0.15, 0.2) is 11.6 Å². The molecule has 0 aliphatic heterocycles. The molecule has 0 radical (unpaired) electrons. The number of fused-ring (bicyclic) bond motifs is 2. The van der Waals surface area contributed by atoms with Gasteiger partial charge in [-0.3, -0.25) is 9.78 Å². The molecule has 4 aromatic rings. The van der Waals surface area contributed by atoms with Gasteiger partial charge in [0, 0.05) is 10.8 Å². The summed E-state index contributed by atoms with van der Waals surface area (Å²) >= 11 is 0. The second kappa shape index (κ2) is 4.77. The number of nitrogens with one attached hydrogen (secondary N) is 2.